The molecule has 2 aromatic carbocycles. The van der Waals surface area contributed by atoms with E-state index in [0.717, 1.165) is 17.4 Å². The highest BCUT2D eigenvalue weighted by Crippen LogP contribution is 2.33. The van der Waals surface area contributed by atoms with Gasteiger partial charge in [0.15, 0.2) is 0 Å². The Kier molecular flexibility index (Phi) is 5.18. The van der Waals surface area contributed by atoms with E-state index < -0.39 is 6.04 Å². The molecule has 0 aromatic heterocycles. The number of rotatable bonds is 4. The van der Waals surface area contributed by atoms with E-state index in [1.165, 1.54) is 0 Å². The highest BCUT2D eigenvalue weighted by molar-refractivity contribution is 8.33. The average Bonchev–Trinajstić information content (AvgIpc) is 2.84. The van der Waals surface area contributed by atoms with E-state index in [4.69, 9.17) is 23.8 Å². The molecule has 1 amide bonds. The fourth-order valence-electron chi connectivity index (χ4n) is 2.41. The van der Waals surface area contributed by atoms with E-state index in [1.54, 1.807) is 29.2 Å². The summed E-state index contributed by atoms with van der Waals surface area (Å²) in [5.41, 5.74) is 1.45. The maximum atomic E-state index is 12.3. The molecule has 1 atom stereocenters. The lowest BCUT2D eigenvalue weighted by molar-refractivity contribution is -0.119. The van der Waals surface area contributed by atoms with Crippen molar-refractivity contribution in [2.75, 3.05) is 10.2 Å². The minimum Gasteiger partial charge on any atom is -0.326 e. The SMILES string of the molecule is O=C(CC1C(=O)SC(=S)N1c1ccccc1)Nc1ccc(Cl)cc1. The number of thiocarbonyl (C=S) groups is 1. The predicted octanol–water partition coefficient (Wildman–Crippen LogP) is 4.10. The van der Waals surface area contributed by atoms with Gasteiger partial charge >= 0.3 is 0 Å². The van der Waals surface area contributed by atoms with E-state index >= 15 is 0 Å². The van der Waals surface area contributed by atoms with E-state index in [-0.39, 0.29) is 17.4 Å². The van der Waals surface area contributed by atoms with Gasteiger partial charge in [-0.1, -0.05) is 42.0 Å². The quantitative estimate of drug-likeness (QED) is 0.814. The number of para-hydroxylation sites is 1. The zero-order valence-corrected chi connectivity index (χ0v) is 14.8. The van der Waals surface area contributed by atoms with Crippen LogP contribution in [0.25, 0.3) is 0 Å². The van der Waals surface area contributed by atoms with Gasteiger partial charge in [-0.05, 0) is 48.2 Å². The molecule has 1 N–H and O–H groups in total. The lowest BCUT2D eigenvalue weighted by Gasteiger charge is -2.23. The molecule has 0 bridgehead atoms. The van der Waals surface area contributed by atoms with Gasteiger partial charge in [-0.3, -0.25) is 9.59 Å². The highest BCUT2D eigenvalue weighted by Gasteiger charge is 2.39. The van der Waals surface area contributed by atoms with Crippen molar-refractivity contribution in [3.05, 3.63) is 59.6 Å². The van der Waals surface area contributed by atoms with E-state index in [9.17, 15) is 9.59 Å². The summed E-state index contributed by atoms with van der Waals surface area (Å²) in [6.07, 6.45) is 0.0312. The minimum absolute atomic E-state index is 0.0312. The van der Waals surface area contributed by atoms with Crippen molar-refractivity contribution in [1.29, 1.82) is 0 Å². The molecule has 7 heteroatoms. The number of hydrogen-bond acceptors (Lipinski definition) is 4. The Hall–Kier alpha value is -1.89. The van der Waals surface area contributed by atoms with Gasteiger partial charge in [0.05, 0.1) is 6.42 Å². The van der Waals surface area contributed by atoms with Crippen molar-refractivity contribution in [1.82, 2.24) is 0 Å². The number of halogens is 1. The first-order valence-electron chi connectivity index (χ1n) is 7.20. The third-order valence-electron chi connectivity index (χ3n) is 3.51. The molecule has 1 saturated heterocycles. The number of amides is 1. The van der Waals surface area contributed by atoms with E-state index in [1.807, 2.05) is 30.3 Å². The van der Waals surface area contributed by atoms with E-state index in [2.05, 4.69) is 5.32 Å². The Labute approximate surface area is 154 Å². The van der Waals surface area contributed by atoms with Crippen molar-refractivity contribution in [2.45, 2.75) is 12.5 Å². The van der Waals surface area contributed by atoms with Gasteiger partial charge in [-0.25, -0.2) is 0 Å². The van der Waals surface area contributed by atoms with Crippen molar-refractivity contribution < 1.29 is 9.59 Å². The lowest BCUT2D eigenvalue weighted by Crippen LogP contribution is -2.38. The van der Waals surface area contributed by atoms with Crippen LogP contribution in [0.4, 0.5) is 11.4 Å². The summed E-state index contributed by atoms with van der Waals surface area (Å²) >= 11 is 12.1. The Morgan fingerprint density at radius 1 is 1.17 bits per heavy atom. The van der Waals surface area contributed by atoms with Crippen LogP contribution in [-0.2, 0) is 9.59 Å². The number of benzene rings is 2. The number of nitrogens with zero attached hydrogens (tertiary/aromatic N) is 1. The third kappa shape index (κ3) is 3.77. The van der Waals surface area contributed by atoms with Gasteiger partial charge in [-0.15, -0.1) is 0 Å². The van der Waals surface area contributed by atoms with Crippen molar-refractivity contribution in [2.24, 2.45) is 0 Å². The van der Waals surface area contributed by atoms with Crippen LogP contribution in [-0.4, -0.2) is 21.4 Å². The smallest absolute Gasteiger partial charge is 0.226 e. The number of anilines is 2. The first kappa shape index (κ1) is 17.0. The van der Waals surface area contributed by atoms with Gasteiger partial charge in [0.1, 0.15) is 10.4 Å². The van der Waals surface area contributed by atoms with Crippen LogP contribution in [0.2, 0.25) is 5.02 Å². The standard InChI is InChI=1S/C17H13ClN2O2S2/c18-11-6-8-12(9-7-11)19-15(21)10-14-16(22)24-17(23)20(14)13-4-2-1-3-5-13/h1-9,14H,10H2,(H,19,21). The van der Waals surface area contributed by atoms with E-state index in [0.29, 0.717) is 15.0 Å². The zero-order chi connectivity index (χ0) is 17.1. The number of carbonyl (C=O) groups excluding carboxylic acids is 2. The second-order valence-corrected chi connectivity index (χ2v) is 7.24. The molecule has 122 valence electrons. The van der Waals surface area contributed by atoms with Gasteiger partial charge in [-0.2, -0.15) is 0 Å². The fraction of sp³-hybridized carbons (Fsp3) is 0.118. The van der Waals surface area contributed by atoms with Crippen LogP contribution in [0.3, 0.4) is 0 Å². The molecule has 4 nitrogen and oxygen atoms in total. The van der Waals surface area contributed by atoms with Crippen molar-refractivity contribution >= 4 is 62.3 Å². The molecular weight excluding hydrogens is 364 g/mol. The topological polar surface area (TPSA) is 49.4 Å². The lowest BCUT2D eigenvalue weighted by atomic mass is 10.1. The monoisotopic (exact) mass is 376 g/mol. The van der Waals surface area contributed by atoms with Crippen LogP contribution < -0.4 is 10.2 Å². The predicted molar refractivity (Wildman–Crippen MR) is 103 cm³/mol. The van der Waals surface area contributed by atoms with Crippen LogP contribution >= 0.6 is 35.6 Å². The van der Waals surface area contributed by atoms with Crippen LogP contribution in [0.1, 0.15) is 6.42 Å². The summed E-state index contributed by atoms with van der Waals surface area (Å²) < 4.78 is 0.468. The molecule has 1 aliphatic heterocycles. The van der Waals surface area contributed by atoms with Crippen LogP contribution in [0.5, 0.6) is 0 Å². The molecule has 1 heterocycles. The molecule has 24 heavy (non-hydrogen) atoms. The largest absolute Gasteiger partial charge is 0.326 e. The van der Waals surface area contributed by atoms with Crippen molar-refractivity contribution in [3.8, 4) is 0 Å². The summed E-state index contributed by atoms with van der Waals surface area (Å²) in [7, 11) is 0. The summed E-state index contributed by atoms with van der Waals surface area (Å²) in [6, 6.07) is 15.6. The Balaban J connectivity index is 1.74. The maximum Gasteiger partial charge on any atom is 0.226 e. The number of nitrogens with one attached hydrogen (secondary N) is 1. The molecule has 0 radical (unpaired) electrons. The summed E-state index contributed by atoms with van der Waals surface area (Å²) in [6.45, 7) is 0. The first-order chi connectivity index (χ1) is 11.5. The molecule has 0 saturated carbocycles. The Morgan fingerprint density at radius 3 is 2.50 bits per heavy atom. The molecular formula is C17H13ClN2O2S2. The highest BCUT2D eigenvalue weighted by atomic mass is 35.5. The second kappa shape index (κ2) is 7.34. The van der Waals surface area contributed by atoms with Crippen LogP contribution in [0.15, 0.2) is 54.6 Å². The number of carbonyl (C=O) groups is 2. The summed E-state index contributed by atoms with van der Waals surface area (Å²) in [5, 5.41) is 3.25. The molecule has 0 aliphatic carbocycles. The molecule has 0 spiro atoms. The van der Waals surface area contributed by atoms with Gasteiger partial charge in [0, 0.05) is 16.4 Å². The third-order valence-corrected chi connectivity index (χ3v) is 5.05. The molecule has 1 fully saturated rings. The average molecular weight is 377 g/mol. The molecule has 2 aromatic rings. The minimum atomic E-state index is -0.600. The first-order valence-corrected chi connectivity index (χ1v) is 8.80. The van der Waals surface area contributed by atoms with Gasteiger partial charge < -0.3 is 10.2 Å². The normalized spacial score (nSPS) is 17.2. The fourth-order valence-corrected chi connectivity index (χ4v) is 3.84. The Morgan fingerprint density at radius 2 is 1.83 bits per heavy atom. The maximum absolute atomic E-state index is 12.3. The Bertz CT molecular complexity index is 781. The number of thioether (sulfide) groups is 1. The summed E-state index contributed by atoms with van der Waals surface area (Å²) in [5.74, 6) is -0.248. The van der Waals surface area contributed by atoms with Crippen molar-refractivity contribution in [3.63, 3.8) is 0 Å². The summed E-state index contributed by atoms with van der Waals surface area (Å²) in [4.78, 5) is 26.3. The molecule has 1 unspecified atom stereocenters. The molecule has 3 rings (SSSR count). The van der Waals surface area contributed by atoms with Crippen LogP contribution in [0, 0.1) is 0 Å². The van der Waals surface area contributed by atoms with Gasteiger partial charge in [0.25, 0.3) is 0 Å². The number of hydrogen-bond donors (Lipinski definition) is 1. The second-order valence-electron chi connectivity index (χ2n) is 5.17. The zero-order valence-electron chi connectivity index (χ0n) is 12.4. The van der Waals surface area contributed by atoms with Gasteiger partial charge in [0.2, 0.25) is 11.0 Å². The molecule has 1 aliphatic rings.